The number of hydrogen-bond donors (Lipinski definition) is 2. The van der Waals surface area contributed by atoms with E-state index in [9.17, 15) is 8.42 Å². The van der Waals surface area contributed by atoms with Crippen molar-refractivity contribution in [3.05, 3.63) is 0 Å². The van der Waals surface area contributed by atoms with E-state index in [0.29, 0.717) is 12.6 Å². The molecular weight excluding hydrogens is 250 g/mol. The van der Waals surface area contributed by atoms with Crippen LogP contribution in [0.25, 0.3) is 0 Å². The SMILES string of the molecule is CC(C)NCC1CCCCN1S(=O)(=O)NC(C)C. The van der Waals surface area contributed by atoms with Crippen molar-refractivity contribution in [3.63, 3.8) is 0 Å². The lowest BCUT2D eigenvalue weighted by Crippen LogP contribution is -2.54. The van der Waals surface area contributed by atoms with Gasteiger partial charge in [-0.25, -0.2) is 0 Å². The van der Waals surface area contributed by atoms with Gasteiger partial charge < -0.3 is 5.32 Å². The quantitative estimate of drug-likeness (QED) is 0.764. The van der Waals surface area contributed by atoms with Crippen LogP contribution in [0.3, 0.4) is 0 Å². The molecule has 0 bridgehead atoms. The third-order valence-corrected chi connectivity index (χ3v) is 4.90. The van der Waals surface area contributed by atoms with E-state index >= 15 is 0 Å². The van der Waals surface area contributed by atoms with Crippen molar-refractivity contribution in [1.82, 2.24) is 14.3 Å². The topological polar surface area (TPSA) is 61.4 Å². The van der Waals surface area contributed by atoms with Crippen LogP contribution in [0.4, 0.5) is 0 Å². The Labute approximate surface area is 112 Å². The van der Waals surface area contributed by atoms with Crippen molar-refractivity contribution in [3.8, 4) is 0 Å². The Bertz CT molecular complexity index is 341. The summed E-state index contributed by atoms with van der Waals surface area (Å²) in [6.07, 6.45) is 3.01. The van der Waals surface area contributed by atoms with Gasteiger partial charge in [0.2, 0.25) is 0 Å². The standard InChI is InChI=1S/C12H27N3O2S/c1-10(2)13-9-12-7-5-6-8-15(12)18(16,17)14-11(3)4/h10-14H,5-9H2,1-4H3. The molecule has 1 rings (SSSR count). The minimum atomic E-state index is -3.34. The molecular formula is C12H27N3O2S. The summed E-state index contributed by atoms with van der Waals surface area (Å²) in [6, 6.07) is 0.405. The zero-order valence-electron chi connectivity index (χ0n) is 11.9. The number of nitrogens with one attached hydrogen (secondary N) is 2. The monoisotopic (exact) mass is 277 g/mol. The zero-order valence-corrected chi connectivity index (χ0v) is 12.8. The van der Waals surface area contributed by atoms with Crippen LogP contribution in [0.5, 0.6) is 0 Å². The largest absolute Gasteiger partial charge is 0.313 e. The van der Waals surface area contributed by atoms with E-state index in [1.54, 1.807) is 4.31 Å². The fourth-order valence-electron chi connectivity index (χ4n) is 2.23. The molecule has 6 heteroatoms. The first-order chi connectivity index (χ1) is 8.33. The van der Waals surface area contributed by atoms with Crippen LogP contribution in [-0.4, -0.2) is 43.9 Å². The van der Waals surface area contributed by atoms with E-state index in [0.717, 1.165) is 25.8 Å². The Kier molecular flexibility index (Phi) is 6.04. The summed E-state index contributed by atoms with van der Waals surface area (Å²) in [5, 5.41) is 3.34. The molecule has 1 saturated heterocycles. The second-order valence-corrected chi connectivity index (χ2v) is 7.26. The molecule has 1 aliphatic rings. The maximum Gasteiger partial charge on any atom is 0.279 e. The van der Waals surface area contributed by atoms with Gasteiger partial charge in [0.05, 0.1) is 0 Å². The van der Waals surface area contributed by atoms with Crippen molar-refractivity contribution in [2.75, 3.05) is 13.1 Å². The predicted molar refractivity (Wildman–Crippen MR) is 74.7 cm³/mol. The third kappa shape index (κ3) is 4.84. The van der Waals surface area contributed by atoms with Crippen LogP contribution in [0.1, 0.15) is 47.0 Å². The Morgan fingerprint density at radius 2 is 1.83 bits per heavy atom. The Morgan fingerprint density at radius 1 is 1.17 bits per heavy atom. The summed E-state index contributed by atoms with van der Waals surface area (Å²) in [5.74, 6) is 0. The van der Waals surface area contributed by atoms with Gasteiger partial charge in [0.25, 0.3) is 10.2 Å². The first kappa shape index (κ1) is 15.9. The summed E-state index contributed by atoms with van der Waals surface area (Å²) in [4.78, 5) is 0. The number of piperidine rings is 1. The molecule has 0 amide bonds. The lowest BCUT2D eigenvalue weighted by molar-refractivity contribution is 0.238. The van der Waals surface area contributed by atoms with Crippen LogP contribution >= 0.6 is 0 Å². The molecule has 0 aliphatic carbocycles. The van der Waals surface area contributed by atoms with E-state index in [-0.39, 0.29) is 12.1 Å². The van der Waals surface area contributed by atoms with E-state index in [1.807, 2.05) is 13.8 Å². The molecule has 1 aliphatic heterocycles. The predicted octanol–water partition coefficient (Wildman–Crippen LogP) is 1.08. The summed E-state index contributed by atoms with van der Waals surface area (Å²) >= 11 is 0. The molecule has 0 aromatic heterocycles. The molecule has 5 nitrogen and oxygen atoms in total. The molecule has 18 heavy (non-hydrogen) atoms. The fourth-order valence-corrected chi connectivity index (χ4v) is 3.90. The highest BCUT2D eigenvalue weighted by molar-refractivity contribution is 7.87. The van der Waals surface area contributed by atoms with Crippen LogP contribution in [0.15, 0.2) is 0 Å². The average molecular weight is 277 g/mol. The molecule has 1 unspecified atom stereocenters. The second kappa shape index (κ2) is 6.84. The lowest BCUT2D eigenvalue weighted by atomic mass is 10.0. The zero-order chi connectivity index (χ0) is 13.8. The molecule has 1 heterocycles. The maximum absolute atomic E-state index is 12.2. The van der Waals surface area contributed by atoms with Crippen LogP contribution in [0.2, 0.25) is 0 Å². The summed E-state index contributed by atoms with van der Waals surface area (Å²) < 4.78 is 28.8. The number of rotatable bonds is 6. The van der Waals surface area contributed by atoms with Crippen molar-refractivity contribution in [2.45, 2.75) is 65.1 Å². The Hall–Kier alpha value is -0.170. The van der Waals surface area contributed by atoms with Gasteiger partial charge in [0.1, 0.15) is 0 Å². The smallest absolute Gasteiger partial charge is 0.279 e. The third-order valence-electron chi connectivity index (χ3n) is 3.03. The van der Waals surface area contributed by atoms with E-state index < -0.39 is 10.2 Å². The molecule has 1 atom stereocenters. The highest BCUT2D eigenvalue weighted by Gasteiger charge is 2.32. The Balaban J connectivity index is 2.69. The summed E-state index contributed by atoms with van der Waals surface area (Å²) in [7, 11) is -3.34. The molecule has 1 fully saturated rings. The van der Waals surface area contributed by atoms with Gasteiger partial charge in [0, 0.05) is 31.2 Å². The van der Waals surface area contributed by atoms with Gasteiger partial charge in [-0.1, -0.05) is 20.3 Å². The summed E-state index contributed by atoms with van der Waals surface area (Å²) in [5.41, 5.74) is 0. The highest BCUT2D eigenvalue weighted by Crippen LogP contribution is 2.19. The lowest BCUT2D eigenvalue weighted by Gasteiger charge is -2.35. The van der Waals surface area contributed by atoms with Crippen LogP contribution in [0, 0.1) is 0 Å². The second-order valence-electron chi connectivity index (χ2n) is 5.60. The molecule has 0 radical (unpaired) electrons. The molecule has 0 aromatic rings. The van der Waals surface area contributed by atoms with Gasteiger partial charge >= 0.3 is 0 Å². The molecule has 0 spiro atoms. The normalized spacial score (nSPS) is 22.9. The van der Waals surface area contributed by atoms with Gasteiger partial charge in [-0.2, -0.15) is 17.4 Å². The summed E-state index contributed by atoms with van der Waals surface area (Å²) in [6.45, 7) is 9.22. The highest BCUT2D eigenvalue weighted by atomic mass is 32.2. The van der Waals surface area contributed by atoms with Gasteiger partial charge in [-0.05, 0) is 26.7 Å². The molecule has 0 saturated carbocycles. The molecule has 0 aromatic carbocycles. The van der Waals surface area contributed by atoms with Crippen LogP contribution < -0.4 is 10.0 Å². The van der Waals surface area contributed by atoms with Crippen molar-refractivity contribution < 1.29 is 8.42 Å². The van der Waals surface area contributed by atoms with Gasteiger partial charge in [-0.15, -0.1) is 0 Å². The van der Waals surface area contributed by atoms with Crippen molar-refractivity contribution in [2.24, 2.45) is 0 Å². The van der Waals surface area contributed by atoms with Crippen LogP contribution in [-0.2, 0) is 10.2 Å². The van der Waals surface area contributed by atoms with Gasteiger partial charge in [0.15, 0.2) is 0 Å². The molecule has 108 valence electrons. The maximum atomic E-state index is 12.2. The first-order valence-electron chi connectivity index (χ1n) is 6.85. The van der Waals surface area contributed by atoms with E-state index in [4.69, 9.17) is 0 Å². The fraction of sp³-hybridized carbons (Fsp3) is 1.00. The number of nitrogens with zero attached hydrogens (tertiary/aromatic N) is 1. The van der Waals surface area contributed by atoms with Crippen molar-refractivity contribution >= 4 is 10.2 Å². The minimum absolute atomic E-state index is 0.0596. The number of hydrogen-bond acceptors (Lipinski definition) is 3. The Morgan fingerprint density at radius 3 is 2.39 bits per heavy atom. The van der Waals surface area contributed by atoms with Crippen molar-refractivity contribution in [1.29, 1.82) is 0 Å². The molecule has 2 N–H and O–H groups in total. The minimum Gasteiger partial charge on any atom is -0.313 e. The first-order valence-corrected chi connectivity index (χ1v) is 8.29. The van der Waals surface area contributed by atoms with E-state index in [2.05, 4.69) is 23.9 Å². The van der Waals surface area contributed by atoms with Gasteiger partial charge in [-0.3, -0.25) is 0 Å². The average Bonchev–Trinajstić information content (AvgIpc) is 2.25. The van der Waals surface area contributed by atoms with E-state index in [1.165, 1.54) is 0 Å².